The molecule has 2 atom stereocenters. The monoisotopic (exact) mass is 367 g/mol. The fourth-order valence-electron chi connectivity index (χ4n) is 3.39. The van der Waals surface area contributed by atoms with Crippen molar-refractivity contribution in [1.82, 2.24) is 14.8 Å². The lowest BCUT2D eigenvalue weighted by molar-refractivity contribution is 0.262. The molecule has 0 aliphatic carbocycles. The molecule has 2 heterocycles. The molecule has 2 aromatic carbocycles. The molecular formula is C21H22ClN3O. The van der Waals surface area contributed by atoms with E-state index in [2.05, 4.69) is 55.1 Å². The summed E-state index contributed by atoms with van der Waals surface area (Å²) < 4.78 is 8.10. The Morgan fingerprint density at radius 2 is 1.77 bits per heavy atom. The van der Waals surface area contributed by atoms with E-state index in [4.69, 9.17) is 16.3 Å². The van der Waals surface area contributed by atoms with Gasteiger partial charge in [-0.2, -0.15) is 5.10 Å². The van der Waals surface area contributed by atoms with Crippen LogP contribution in [0.25, 0.3) is 0 Å². The van der Waals surface area contributed by atoms with Crippen LogP contribution >= 0.6 is 11.6 Å². The molecule has 0 saturated carbocycles. The van der Waals surface area contributed by atoms with Gasteiger partial charge in [-0.3, -0.25) is 0 Å². The lowest BCUT2D eigenvalue weighted by Crippen LogP contribution is -2.19. The summed E-state index contributed by atoms with van der Waals surface area (Å²) in [4.78, 5) is 4.05. The van der Waals surface area contributed by atoms with Crippen molar-refractivity contribution in [2.24, 2.45) is 0 Å². The maximum Gasteiger partial charge on any atom is 0.144 e. The average Bonchev–Trinajstić information content (AvgIpc) is 3.09. The highest BCUT2D eigenvalue weighted by Gasteiger charge is 2.59. The Labute approximate surface area is 158 Å². The van der Waals surface area contributed by atoms with Crippen LogP contribution in [0.2, 0.25) is 5.02 Å². The molecule has 1 aliphatic rings. The molecule has 4 rings (SSSR count). The molecule has 3 aromatic rings. The predicted molar refractivity (Wildman–Crippen MR) is 102 cm³/mol. The zero-order valence-electron chi connectivity index (χ0n) is 15.2. The van der Waals surface area contributed by atoms with E-state index in [0.29, 0.717) is 6.54 Å². The summed E-state index contributed by atoms with van der Waals surface area (Å²) in [6.07, 6.45) is 3.26. The summed E-state index contributed by atoms with van der Waals surface area (Å²) in [5.74, 6) is 0. The van der Waals surface area contributed by atoms with Gasteiger partial charge in [0.1, 0.15) is 24.4 Å². The SMILES string of the molecule is CC(C)(C)c1ccc(C2OC2(Cn2cncn2)c2ccc(Cl)cc2)cc1. The van der Waals surface area contributed by atoms with Crippen LogP contribution in [0.15, 0.2) is 61.2 Å². The molecule has 0 bridgehead atoms. The highest BCUT2D eigenvalue weighted by Crippen LogP contribution is 2.58. The maximum absolute atomic E-state index is 6.28. The van der Waals surface area contributed by atoms with Crippen molar-refractivity contribution in [1.29, 1.82) is 0 Å². The molecule has 134 valence electrons. The van der Waals surface area contributed by atoms with Gasteiger partial charge < -0.3 is 4.74 Å². The van der Waals surface area contributed by atoms with E-state index in [1.165, 1.54) is 11.1 Å². The minimum Gasteiger partial charge on any atom is -0.354 e. The number of epoxide rings is 1. The molecule has 1 saturated heterocycles. The van der Waals surface area contributed by atoms with Crippen molar-refractivity contribution in [3.8, 4) is 0 Å². The molecule has 1 fully saturated rings. The molecule has 5 heteroatoms. The first-order valence-electron chi connectivity index (χ1n) is 8.75. The average molecular weight is 368 g/mol. The summed E-state index contributed by atoms with van der Waals surface area (Å²) in [5, 5.41) is 4.98. The standard InChI is InChI=1S/C21H22ClN3O/c1-20(2,3)16-6-4-15(5-7-16)19-21(26-19,12-25-14-23-13-24-25)17-8-10-18(22)11-9-17/h4-11,13-14,19H,12H2,1-3H3. The van der Waals surface area contributed by atoms with Crippen LogP contribution in [0.4, 0.5) is 0 Å². The summed E-state index contributed by atoms with van der Waals surface area (Å²) in [7, 11) is 0. The Hall–Kier alpha value is -2.17. The topological polar surface area (TPSA) is 43.2 Å². The van der Waals surface area contributed by atoms with E-state index < -0.39 is 5.60 Å². The van der Waals surface area contributed by atoms with Gasteiger partial charge in [0.25, 0.3) is 0 Å². The van der Waals surface area contributed by atoms with Gasteiger partial charge >= 0.3 is 0 Å². The molecule has 0 amide bonds. The van der Waals surface area contributed by atoms with E-state index in [-0.39, 0.29) is 11.5 Å². The van der Waals surface area contributed by atoms with Crippen LogP contribution in [0.5, 0.6) is 0 Å². The Balaban J connectivity index is 1.67. The first kappa shape index (κ1) is 17.3. The van der Waals surface area contributed by atoms with E-state index >= 15 is 0 Å². The molecule has 2 unspecified atom stereocenters. The van der Waals surface area contributed by atoms with Crippen molar-refractivity contribution in [3.05, 3.63) is 82.9 Å². The van der Waals surface area contributed by atoms with Gasteiger partial charge in [0.2, 0.25) is 0 Å². The van der Waals surface area contributed by atoms with Crippen LogP contribution in [0, 0.1) is 0 Å². The van der Waals surface area contributed by atoms with Gasteiger partial charge in [0.15, 0.2) is 0 Å². The van der Waals surface area contributed by atoms with Crippen LogP contribution in [0.1, 0.15) is 43.6 Å². The van der Waals surface area contributed by atoms with Crippen LogP contribution in [-0.2, 0) is 22.3 Å². The highest BCUT2D eigenvalue weighted by atomic mass is 35.5. The van der Waals surface area contributed by atoms with Gasteiger partial charge in [0, 0.05) is 5.02 Å². The van der Waals surface area contributed by atoms with Crippen LogP contribution < -0.4 is 0 Å². The molecular weight excluding hydrogens is 346 g/mol. The summed E-state index contributed by atoms with van der Waals surface area (Å²) in [5.41, 5.74) is 3.28. The first-order chi connectivity index (χ1) is 12.4. The highest BCUT2D eigenvalue weighted by molar-refractivity contribution is 6.30. The zero-order valence-corrected chi connectivity index (χ0v) is 15.9. The van der Waals surface area contributed by atoms with Crippen LogP contribution in [-0.4, -0.2) is 14.8 Å². The molecule has 0 radical (unpaired) electrons. The normalized spacial score (nSPS) is 22.4. The Kier molecular flexibility index (Phi) is 4.13. The number of benzene rings is 2. The largest absolute Gasteiger partial charge is 0.354 e. The summed E-state index contributed by atoms with van der Waals surface area (Å²) in [6.45, 7) is 7.27. The Morgan fingerprint density at radius 1 is 1.08 bits per heavy atom. The van der Waals surface area contributed by atoms with Crippen molar-refractivity contribution in [2.75, 3.05) is 0 Å². The Bertz CT molecular complexity index is 883. The quantitative estimate of drug-likeness (QED) is 0.616. The van der Waals surface area contributed by atoms with Gasteiger partial charge in [-0.1, -0.05) is 68.8 Å². The second-order valence-corrected chi connectivity index (χ2v) is 8.30. The summed E-state index contributed by atoms with van der Waals surface area (Å²) in [6, 6.07) is 16.6. The fraction of sp³-hybridized carbons (Fsp3) is 0.333. The second kappa shape index (κ2) is 6.22. The van der Waals surface area contributed by atoms with E-state index in [1.807, 2.05) is 28.9 Å². The third-order valence-corrected chi connectivity index (χ3v) is 5.22. The molecule has 26 heavy (non-hydrogen) atoms. The predicted octanol–water partition coefficient (Wildman–Crippen LogP) is 4.90. The number of nitrogens with zero attached hydrogens (tertiary/aromatic N) is 3. The number of rotatable bonds is 4. The Morgan fingerprint density at radius 3 is 2.35 bits per heavy atom. The van der Waals surface area contributed by atoms with Crippen molar-refractivity contribution in [3.63, 3.8) is 0 Å². The van der Waals surface area contributed by atoms with Gasteiger partial charge in [-0.25, -0.2) is 9.67 Å². The maximum atomic E-state index is 6.28. The van der Waals surface area contributed by atoms with Crippen molar-refractivity contribution >= 4 is 11.6 Å². The molecule has 0 spiro atoms. The third kappa shape index (κ3) is 3.15. The molecule has 1 aliphatic heterocycles. The number of hydrogen-bond donors (Lipinski definition) is 0. The number of halogens is 1. The molecule has 0 N–H and O–H groups in total. The third-order valence-electron chi connectivity index (χ3n) is 4.97. The zero-order chi connectivity index (χ0) is 18.4. The second-order valence-electron chi connectivity index (χ2n) is 7.86. The lowest BCUT2D eigenvalue weighted by atomic mass is 9.85. The number of ether oxygens (including phenoxy) is 1. The van der Waals surface area contributed by atoms with Gasteiger partial charge in [0.05, 0.1) is 6.54 Å². The van der Waals surface area contributed by atoms with Crippen molar-refractivity contribution in [2.45, 2.75) is 44.4 Å². The van der Waals surface area contributed by atoms with Gasteiger partial charge in [-0.15, -0.1) is 0 Å². The fourth-order valence-corrected chi connectivity index (χ4v) is 3.52. The first-order valence-corrected chi connectivity index (χ1v) is 9.13. The lowest BCUT2D eigenvalue weighted by Gasteiger charge is -2.19. The van der Waals surface area contributed by atoms with E-state index in [0.717, 1.165) is 10.6 Å². The minimum atomic E-state index is -0.443. The smallest absolute Gasteiger partial charge is 0.144 e. The van der Waals surface area contributed by atoms with Crippen LogP contribution in [0.3, 0.4) is 0 Å². The summed E-state index contributed by atoms with van der Waals surface area (Å²) >= 11 is 6.07. The van der Waals surface area contributed by atoms with Gasteiger partial charge in [-0.05, 0) is 34.2 Å². The number of aromatic nitrogens is 3. The van der Waals surface area contributed by atoms with E-state index in [1.54, 1.807) is 12.7 Å². The van der Waals surface area contributed by atoms with Crippen molar-refractivity contribution < 1.29 is 4.74 Å². The van der Waals surface area contributed by atoms with E-state index in [9.17, 15) is 0 Å². The number of hydrogen-bond acceptors (Lipinski definition) is 3. The molecule has 4 nitrogen and oxygen atoms in total. The minimum absolute atomic E-state index is 0.0121. The molecule has 1 aromatic heterocycles.